The first kappa shape index (κ1) is 19.9. The summed E-state index contributed by atoms with van der Waals surface area (Å²) in [4.78, 5) is 6.54. The number of nitrogens with one attached hydrogen (secondary N) is 2. The predicted molar refractivity (Wildman–Crippen MR) is 96.2 cm³/mol. The van der Waals surface area contributed by atoms with Crippen molar-refractivity contribution in [2.45, 2.75) is 38.7 Å². The molecule has 2 N–H and O–H groups in total. The maximum Gasteiger partial charge on any atom is 0.191 e. The van der Waals surface area contributed by atoms with Crippen molar-refractivity contribution in [3.8, 4) is 0 Å². The Morgan fingerprint density at radius 1 is 1.30 bits per heavy atom. The van der Waals surface area contributed by atoms with Crippen molar-refractivity contribution >= 4 is 29.9 Å². The molecular formula is C14H31IN4O. The van der Waals surface area contributed by atoms with Gasteiger partial charge in [0.2, 0.25) is 0 Å². The zero-order valence-corrected chi connectivity index (χ0v) is 15.5. The molecule has 0 aromatic carbocycles. The van der Waals surface area contributed by atoms with Gasteiger partial charge in [-0.05, 0) is 13.5 Å². The van der Waals surface area contributed by atoms with Gasteiger partial charge in [-0.2, -0.15) is 0 Å². The molecule has 6 heteroatoms. The molecule has 0 aliphatic carbocycles. The van der Waals surface area contributed by atoms with E-state index in [1.807, 2.05) is 7.05 Å². The topological polar surface area (TPSA) is 48.9 Å². The molecule has 0 amide bonds. The van der Waals surface area contributed by atoms with Gasteiger partial charge < -0.3 is 20.3 Å². The second-order valence-corrected chi connectivity index (χ2v) is 5.20. The summed E-state index contributed by atoms with van der Waals surface area (Å²) >= 11 is 0. The lowest BCUT2D eigenvalue weighted by Crippen LogP contribution is -2.48. The van der Waals surface area contributed by atoms with Crippen LogP contribution in [0.1, 0.15) is 32.6 Å². The van der Waals surface area contributed by atoms with Gasteiger partial charge in [0, 0.05) is 33.2 Å². The Bertz CT molecular complexity index is 264. The number of hydrogen-bond donors (Lipinski definition) is 2. The second kappa shape index (κ2) is 12.6. The summed E-state index contributed by atoms with van der Waals surface area (Å²) in [5.41, 5.74) is 0. The van der Waals surface area contributed by atoms with E-state index >= 15 is 0 Å². The van der Waals surface area contributed by atoms with Crippen LogP contribution in [0.5, 0.6) is 0 Å². The molecule has 1 fully saturated rings. The van der Waals surface area contributed by atoms with Gasteiger partial charge in [-0.15, -0.1) is 24.0 Å². The largest absolute Gasteiger partial charge is 0.374 e. The normalized spacial score (nSPS) is 20.4. The van der Waals surface area contributed by atoms with Crippen molar-refractivity contribution in [1.29, 1.82) is 0 Å². The molecule has 0 bridgehead atoms. The maximum atomic E-state index is 5.71. The van der Waals surface area contributed by atoms with E-state index in [-0.39, 0.29) is 30.1 Å². The van der Waals surface area contributed by atoms with E-state index in [1.165, 1.54) is 25.7 Å². The summed E-state index contributed by atoms with van der Waals surface area (Å²) in [6, 6.07) is 0. The molecule has 1 aliphatic rings. The minimum atomic E-state index is 0. The molecule has 0 aromatic rings. The van der Waals surface area contributed by atoms with Crippen molar-refractivity contribution in [1.82, 2.24) is 15.5 Å². The van der Waals surface area contributed by atoms with Gasteiger partial charge in [0.25, 0.3) is 0 Å². The van der Waals surface area contributed by atoms with Crippen LogP contribution >= 0.6 is 24.0 Å². The number of morpholine rings is 1. The lowest BCUT2D eigenvalue weighted by molar-refractivity contribution is -0.0161. The Labute approximate surface area is 140 Å². The van der Waals surface area contributed by atoms with Gasteiger partial charge in [0.1, 0.15) is 0 Å². The van der Waals surface area contributed by atoms with Crippen molar-refractivity contribution in [3.63, 3.8) is 0 Å². The highest BCUT2D eigenvalue weighted by molar-refractivity contribution is 14.0. The van der Waals surface area contributed by atoms with Crippen LogP contribution in [-0.2, 0) is 4.74 Å². The number of rotatable bonds is 7. The summed E-state index contributed by atoms with van der Waals surface area (Å²) in [6.07, 6.45) is 5.35. The summed E-state index contributed by atoms with van der Waals surface area (Å²) < 4.78 is 5.71. The zero-order chi connectivity index (χ0) is 13.9. The number of nitrogens with zero attached hydrogens (tertiary/aromatic N) is 2. The fraction of sp³-hybridized carbons (Fsp3) is 0.929. The molecule has 0 saturated carbocycles. The Hall–Kier alpha value is -0.0800. The highest BCUT2D eigenvalue weighted by Gasteiger charge is 2.17. The Morgan fingerprint density at radius 2 is 2.10 bits per heavy atom. The molecule has 0 aromatic heterocycles. The molecule has 1 atom stereocenters. The van der Waals surface area contributed by atoms with Crippen molar-refractivity contribution < 1.29 is 4.74 Å². The highest BCUT2D eigenvalue weighted by Crippen LogP contribution is 2.01. The van der Waals surface area contributed by atoms with E-state index in [9.17, 15) is 0 Å². The molecule has 1 heterocycles. The lowest BCUT2D eigenvalue weighted by Gasteiger charge is -2.30. The van der Waals surface area contributed by atoms with Gasteiger partial charge in [-0.1, -0.05) is 26.2 Å². The third-order valence-corrected chi connectivity index (χ3v) is 3.39. The van der Waals surface area contributed by atoms with Crippen LogP contribution in [-0.4, -0.2) is 63.8 Å². The van der Waals surface area contributed by atoms with Crippen LogP contribution in [0.25, 0.3) is 0 Å². The fourth-order valence-corrected chi connectivity index (χ4v) is 2.18. The summed E-state index contributed by atoms with van der Waals surface area (Å²) in [6.45, 7) is 6.88. The maximum absolute atomic E-state index is 5.71. The Kier molecular flexibility index (Phi) is 12.6. The molecular weight excluding hydrogens is 367 g/mol. The lowest BCUT2D eigenvalue weighted by atomic mass is 10.2. The molecule has 0 spiro atoms. The van der Waals surface area contributed by atoms with Gasteiger partial charge in [0.15, 0.2) is 5.96 Å². The van der Waals surface area contributed by atoms with Gasteiger partial charge in [-0.25, -0.2) is 0 Å². The summed E-state index contributed by atoms with van der Waals surface area (Å²) in [7, 11) is 3.95. The van der Waals surface area contributed by atoms with Crippen molar-refractivity contribution in [2.24, 2.45) is 4.99 Å². The molecule has 0 radical (unpaired) electrons. The summed E-state index contributed by atoms with van der Waals surface area (Å²) in [5.74, 6) is 0.883. The van der Waals surface area contributed by atoms with Gasteiger partial charge >= 0.3 is 0 Å². The number of likely N-dealkylation sites (N-methyl/N-ethyl adjacent to an activating group) is 1. The quantitative estimate of drug-likeness (QED) is 0.297. The number of halogens is 1. The minimum Gasteiger partial charge on any atom is -0.374 e. The smallest absolute Gasteiger partial charge is 0.191 e. The van der Waals surface area contributed by atoms with Crippen LogP contribution in [0.15, 0.2) is 4.99 Å². The molecule has 1 rings (SSSR count). The van der Waals surface area contributed by atoms with Crippen molar-refractivity contribution in [2.75, 3.05) is 46.9 Å². The zero-order valence-electron chi connectivity index (χ0n) is 13.2. The molecule has 1 saturated heterocycles. The third kappa shape index (κ3) is 8.97. The second-order valence-electron chi connectivity index (χ2n) is 5.20. The number of unbranched alkanes of at least 4 members (excludes halogenated alkanes) is 3. The van der Waals surface area contributed by atoms with E-state index < -0.39 is 0 Å². The first-order chi connectivity index (χ1) is 9.26. The monoisotopic (exact) mass is 398 g/mol. The van der Waals surface area contributed by atoms with Crippen LogP contribution < -0.4 is 10.6 Å². The highest BCUT2D eigenvalue weighted by atomic mass is 127. The van der Waals surface area contributed by atoms with Crippen LogP contribution in [0.3, 0.4) is 0 Å². The number of hydrogen-bond acceptors (Lipinski definition) is 3. The number of guanidine groups is 1. The fourth-order valence-electron chi connectivity index (χ4n) is 2.18. The Morgan fingerprint density at radius 3 is 2.75 bits per heavy atom. The number of aliphatic imine (C=N–C) groups is 1. The SMILES string of the molecule is CCCCCCNC(=NC)NCC1CN(C)CCO1.I. The van der Waals surface area contributed by atoms with E-state index in [1.54, 1.807) is 0 Å². The molecule has 5 nitrogen and oxygen atoms in total. The average Bonchev–Trinajstić information content (AvgIpc) is 2.42. The molecule has 1 unspecified atom stereocenters. The van der Waals surface area contributed by atoms with Crippen LogP contribution in [0.4, 0.5) is 0 Å². The van der Waals surface area contributed by atoms with Crippen LogP contribution in [0.2, 0.25) is 0 Å². The van der Waals surface area contributed by atoms with E-state index in [0.29, 0.717) is 0 Å². The van der Waals surface area contributed by atoms with E-state index in [2.05, 4.69) is 34.5 Å². The van der Waals surface area contributed by atoms with Crippen LogP contribution in [0, 0.1) is 0 Å². The van der Waals surface area contributed by atoms with Gasteiger partial charge in [0.05, 0.1) is 12.7 Å². The minimum absolute atomic E-state index is 0. The first-order valence-electron chi connectivity index (χ1n) is 7.51. The number of ether oxygens (including phenoxy) is 1. The first-order valence-corrected chi connectivity index (χ1v) is 7.51. The molecule has 1 aliphatic heterocycles. The van der Waals surface area contributed by atoms with E-state index in [4.69, 9.17) is 4.74 Å². The predicted octanol–water partition coefficient (Wildman–Crippen LogP) is 1.68. The van der Waals surface area contributed by atoms with Gasteiger partial charge in [-0.3, -0.25) is 4.99 Å². The van der Waals surface area contributed by atoms with E-state index in [0.717, 1.165) is 38.7 Å². The summed E-state index contributed by atoms with van der Waals surface area (Å²) in [5, 5.41) is 6.69. The van der Waals surface area contributed by atoms with Crippen molar-refractivity contribution in [3.05, 3.63) is 0 Å². The average molecular weight is 398 g/mol. The Balaban J connectivity index is 0.00000361. The molecule has 120 valence electrons. The molecule has 20 heavy (non-hydrogen) atoms. The standard InChI is InChI=1S/C14H30N4O.HI/c1-4-5-6-7-8-16-14(15-2)17-11-13-12-18(3)9-10-19-13;/h13H,4-12H2,1-3H3,(H2,15,16,17);1H. The third-order valence-electron chi connectivity index (χ3n) is 3.39.